The third kappa shape index (κ3) is 5.06. The molecule has 2 atom stereocenters. The summed E-state index contributed by atoms with van der Waals surface area (Å²) in [6, 6.07) is 7.27. The number of carbonyl (C=O) groups is 2. The number of rotatable bonds is 7. The van der Waals surface area contributed by atoms with E-state index in [1.54, 1.807) is 24.3 Å². The quantitative estimate of drug-likeness (QED) is 0.615. The molecule has 0 aliphatic carbocycles. The van der Waals surface area contributed by atoms with E-state index in [4.69, 9.17) is 10.5 Å². The number of ketones is 1. The summed E-state index contributed by atoms with van der Waals surface area (Å²) in [7, 11) is 0. The van der Waals surface area contributed by atoms with Crippen molar-refractivity contribution < 1.29 is 14.3 Å². The van der Waals surface area contributed by atoms with Gasteiger partial charge in [-0.3, -0.25) is 9.59 Å². The van der Waals surface area contributed by atoms with E-state index >= 15 is 0 Å². The molecule has 0 radical (unpaired) electrons. The van der Waals surface area contributed by atoms with Crippen molar-refractivity contribution in [1.82, 2.24) is 4.90 Å². The summed E-state index contributed by atoms with van der Waals surface area (Å²) in [5, 5.41) is 0. The van der Waals surface area contributed by atoms with Crippen molar-refractivity contribution in [3.8, 4) is 5.75 Å². The van der Waals surface area contributed by atoms with E-state index in [-0.39, 0.29) is 23.8 Å². The smallest absolute Gasteiger partial charge is 0.222 e. The number of benzene rings is 1. The molecule has 1 aromatic carbocycles. The van der Waals surface area contributed by atoms with E-state index < -0.39 is 0 Å². The molecular weight excluding hydrogens is 304 g/mol. The maximum absolute atomic E-state index is 12.4. The molecule has 0 spiro atoms. The minimum Gasteiger partial charge on any atom is -0.494 e. The average molecular weight is 332 g/mol. The minimum atomic E-state index is 0.0188. The van der Waals surface area contributed by atoms with Gasteiger partial charge in [0.15, 0.2) is 5.78 Å². The molecule has 1 aliphatic rings. The Labute approximate surface area is 144 Å². The number of Topliss-reactive ketones (excluding diaryl/α,β-unsaturated/α-hetero) is 1. The molecule has 2 N–H and O–H groups in total. The topological polar surface area (TPSA) is 72.6 Å². The molecule has 24 heavy (non-hydrogen) atoms. The number of carbonyl (C=O) groups excluding carboxylic acids is 2. The Balaban J connectivity index is 1.75. The number of nitrogens with zero attached hydrogens (tertiary/aromatic N) is 1. The molecule has 0 bridgehead atoms. The van der Waals surface area contributed by atoms with Gasteiger partial charge in [0.1, 0.15) is 5.75 Å². The SMILES string of the molecule is CC(=O)c1ccc(OCCCC(=O)N2CCCCC2C(C)N)cc1. The molecule has 1 amide bonds. The second kappa shape index (κ2) is 8.83. The lowest BCUT2D eigenvalue weighted by Gasteiger charge is -2.38. The summed E-state index contributed by atoms with van der Waals surface area (Å²) in [6.07, 6.45) is 4.37. The number of nitrogens with two attached hydrogens (primary N) is 1. The number of likely N-dealkylation sites (tertiary alicyclic amines) is 1. The molecule has 1 aliphatic heterocycles. The van der Waals surface area contributed by atoms with Crippen LogP contribution in [-0.2, 0) is 4.79 Å². The van der Waals surface area contributed by atoms with E-state index in [1.807, 2.05) is 11.8 Å². The van der Waals surface area contributed by atoms with Gasteiger partial charge in [-0.05, 0) is 63.8 Å². The molecule has 132 valence electrons. The Kier molecular flexibility index (Phi) is 6.79. The number of amides is 1. The normalized spacial score (nSPS) is 19.0. The van der Waals surface area contributed by atoms with Crippen molar-refractivity contribution in [2.45, 2.75) is 58.0 Å². The summed E-state index contributed by atoms with van der Waals surface area (Å²) in [6.45, 7) is 4.82. The standard InChI is InChI=1S/C19H28N2O3/c1-14(20)18-6-3-4-12-21(18)19(23)7-5-13-24-17-10-8-16(9-11-17)15(2)22/h8-11,14,18H,3-7,12-13,20H2,1-2H3. The van der Waals surface area contributed by atoms with Crippen LogP contribution in [0.2, 0.25) is 0 Å². The van der Waals surface area contributed by atoms with E-state index in [1.165, 1.54) is 6.92 Å². The molecular formula is C19H28N2O3. The summed E-state index contributed by atoms with van der Waals surface area (Å²) < 4.78 is 5.65. The van der Waals surface area contributed by atoms with Crippen LogP contribution in [0.1, 0.15) is 56.3 Å². The summed E-state index contributed by atoms with van der Waals surface area (Å²) >= 11 is 0. The number of hydrogen-bond acceptors (Lipinski definition) is 4. The summed E-state index contributed by atoms with van der Waals surface area (Å²) in [5.74, 6) is 0.934. The average Bonchev–Trinajstić information content (AvgIpc) is 2.58. The van der Waals surface area contributed by atoms with Gasteiger partial charge in [-0.15, -0.1) is 0 Å². The second-order valence-corrected chi connectivity index (χ2v) is 6.54. The van der Waals surface area contributed by atoms with Gasteiger partial charge in [0, 0.05) is 30.6 Å². The predicted molar refractivity (Wildman–Crippen MR) is 94.2 cm³/mol. The van der Waals surface area contributed by atoms with Gasteiger partial charge in [0.05, 0.1) is 6.61 Å². The van der Waals surface area contributed by atoms with Crippen LogP contribution in [0.25, 0.3) is 0 Å². The van der Waals surface area contributed by atoms with Crippen LogP contribution in [0, 0.1) is 0 Å². The molecule has 1 aromatic rings. The van der Waals surface area contributed by atoms with E-state index in [0.717, 1.165) is 31.6 Å². The highest BCUT2D eigenvalue weighted by Crippen LogP contribution is 2.20. The van der Waals surface area contributed by atoms with Crippen molar-refractivity contribution in [3.63, 3.8) is 0 Å². The van der Waals surface area contributed by atoms with Crippen LogP contribution in [0.4, 0.5) is 0 Å². The molecule has 5 nitrogen and oxygen atoms in total. The molecule has 0 aromatic heterocycles. The van der Waals surface area contributed by atoms with Gasteiger partial charge >= 0.3 is 0 Å². The van der Waals surface area contributed by atoms with Crippen molar-refractivity contribution in [3.05, 3.63) is 29.8 Å². The Morgan fingerprint density at radius 3 is 2.62 bits per heavy atom. The first-order valence-corrected chi connectivity index (χ1v) is 8.78. The Morgan fingerprint density at radius 2 is 2.00 bits per heavy atom. The van der Waals surface area contributed by atoms with Crippen molar-refractivity contribution in [2.24, 2.45) is 5.73 Å². The van der Waals surface area contributed by atoms with Gasteiger partial charge in [0.2, 0.25) is 5.91 Å². The van der Waals surface area contributed by atoms with Crippen molar-refractivity contribution >= 4 is 11.7 Å². The Morgan fingerprint density at radius 1 is 1.29 bits per heavy atom. The summed E-state index contributed by atoms with van der Waals surface area (Å²) in [5.41, 5.74) is 6.69. The highest BCUT2D eigenvalue weighted by molar-refractivity contribution is 5.94. The zero-order chi connectivity index (χ0) is 17.5. The lowest BCUT2D eigenvalue weighted by atomic mass is 9.96. The van der Waals surface area contributed by atoms with Gasteiger partial charge < -0.3 is 15.4 Å². The monoisotopic (exact) mass is 332 g/mol. The number of ether oxygens (including phenoxy) is 1. The second-order valence-electron chi connectivity index (χ2n) is 6.54. The van der Waals surface area contributed by atoms with Gasteiger partial charge in [-0.2, -0.15) is 0 Å². The Hall–Kier alpha value is -1.88. The van der Waals surface area contributed by atoms with Crippen molar-refractivity contribution in [1.29, 1.82) is 0 Å². The molecule has 2 unspecified atom stereocenters. The maximum Gasteiger partial charge on any atom is 0.222 e. The van der Waals surface area contributed by atoms with Crippen LogP contribution in [0.5, 0.6) is 5.75 Å². The van der Waals surface area contributed by atoms with Gasteiger partial charge in [0.25, 0.3) is 0 Å². The highest BCUT2D eigenvalue weighted by atomic mass is 16.5. The molecule has 0 saturated carbocycles. The van der Waals surface area contributed by atoms with E-state index in [0.29, 0.717) is 25.0 Å². The zero-order valence-corrected chi connectivity index (χ0v) is 14.7. The molecule has 5 heteroatoms. The minimum absolute atomic E-state index is 0.0188. The van der Waals surface area contributed by atoms with E-state index in [9.17, 15) is 9.59 Å². The van der Waals surface area contributed by atoms with Gasteiger partial charge in [-0.25, -0.2) is 0 Å². The number of piperidine rings is 1. The zero-order valence-electron chi connectivity index (χ0n) is 14.7. The fourth-order valence-electron chi connectivity index (χ4n) is 3.16. The first kappa shape index (κ1) is 18.5. The fraction of sp³-hybridized carbons (Fsp3) is 0.579. The third-order valence-electron chi connectivity index (χ3n) is 4.54. The molecule has 2 rings (SSSR count). The lowest BCUT2D eigenvalue weighted by Crippen LogP contribution is -2.51. The molecule has 1 fully saturated rings. The fourth-order valence-corrected chi connectivity index (χ4v) is 3.16. The van der Waals surface area contributed by atoms with Crippen LogP contribution in [-0.4, -0.2) is 41.8 Å². The van der Waals surface area contributed by atoms with Crippen LogP contribution < -0.4 is 10.5 Å². The third-order valence-corrected chi connectivity index (χ3v) is 4.54. The predicted octanol–water partition coefficient (Wildman–Crippen LogP) is 2.78. The maximum atomic E-state index is 12.4. The highest BCUT2D eigenvalue weighted by Gasteiger charge is 2.28. The van der Waals surface area contributed by atoms with Crippen LogP contribution in [0.3, 0.4) is 0 Å². The van der Waals surface area contributed by atoms with E-state index in [2.05, 4.69) is 0 Å². The number of hydrogen-bond donors (Lipinski definition) is 1. The van der Waals surface area contributed by atoms with Crippen LogP contribution >= 0.6 is 0 Å². The molecule has 1 saturated heterocycles. The lowest BCUT2D eigenvalue weighted by molar-refractivity contribution is -0.135. The first-order valence-electron chi connectivity index (χ1n) is 8.78. The summed E-state index contributed by atoms with van der Waals surface area (Å²) in [4.78, 5) is 25.6. The van der Waals surface area contributed by atoms with Gasteiger partial charge in [-0.1, -0.05) is 0 Å². The van der Waals surface area contributed by atoms with Crippen LogP contribution in [0.15, 0.2) is 24.3 Å². The first-order chi connectivity index (χ1) is 11.5. The Bertz CT molecular complexity index is 554. The molecule has 1 heterocycles. The largest absolute Gasteiger partial charge is 0.494 e. The van der Waals surface area contributed by atoms with Crippen molar-refractivity contribution in [2.75, 3.05) is 13.2 Å².